The van der Waals surface area contributed by atoms with Crippen molar-refractivity contribution in [2.45, 2.75) is 39.7 Å². The number of hydrogen-bond donors (Lipinski definition) is 2. The number of carbonyl (C=O) groups excluding carboxylic acids is 1. The number of rotatable bonds is 7. The van der Waals surface area contributed by atoms with Gasteiger partial charge in [0.15, 0.2) is 0 Å². The van der Waals surface area contributed by atoms with Crippen molar-refractivity contribution < 1.29 is 9.53 Å². The second-order valence-electron chi connectivity index (χ2n) is 9.33. The van der Waals surface area contributed by atoms with E-state index in [1.165, 1.54) is 12.8 Å². The smallest absolute Gasteiger partial charge is 0.248 e. The fraction of sp³-hybridized carbons (Fsp3) is 0.480. The summed E-state index contributed by atoms with van der Waals surface area (Å²) >= 11 is 0. The summed E-state index contributed by atoms with van der Waals surface area (Å²) in [6.45, 7) is 8.83. The first-order valence-electron chi connectivity index (χ1n) is 10.7. The van der Waals surface area contributed by atoms with Gasteiger partial charge in [0.1, 0.15) is 12.4 Å². The van der Waals surface area contributed by atoms with Gasteiger partial charge < -0.3 is 15.8 Å². The molecular formula is C25H32N2O2. The molecule has 5 rings (SSSR count). The minimum Gasteiger partial charge on any atom is -0.492 e. The van der Waals surface area contributed by atoms with Crippen LogP contribution in [0.2, 0.25) is 0 Å². The third-order valence-electron chi connectivity index (χ3n) is 7.47. The molecule has 0 aromatic heterocycles. The van der Waals surface area contributed by atoms with E-state index in [-0.39, 0.29) is 0 Å². The quantitative estimate of drug-likeness (QED) is 0.682. The Morgan fingerprint density at radius 2 is 1.90 bits per heavy atom. The Bertz CT molecular complexity index is 875. The standard InChI is InChI=1S/C25H32N2O2/c1-16-22-14-20(25(22,2)3)15-23(16)27-11-12-29-21-9-7-17(8-10-21)18-5-4-6-19(13-18)24(26)28/h4-10,13,16,20,22-23,27H,11-12,14-15H2,1-3H3,(H2,26,28)/t16-,20+,22-,23-/m0/s1. The highest BCUT2D eigenvalue weighted by Gasteiger charge is 2.55. The molecule has 4 heteroatoms. The van der Waals surface area contributed by atoms with Gasteiger partial charge in [0.2, 0.25) is 5.91 Å². The van der Waals surface area contributed by atoms with E-state index in [1.807, 2.05) is 42.5 Å². The normalized spacial score (nSPS) is 27.1. The number of primary amides is 1. The first kappa shape index (κ1) is 20.0. The Morgan fingerprint density at radius 3 is 2.55 bits per heavy atom. The Kier molecular flexibility index (Phi) is 5.39. The van der Waals surface area contributed by atoms with Gasteiger partial charge in [-0.25, -0.2) is 0 Å². The van der Waals surface area contributed by atoms with E-state index in [4.69, 9.17) is 10.5 Å². The van der Waals surface area contributed by atoms with E-state index < -0.39 is 5.91 Å². The largest absolute Gasteiger partial charge is 0.492 e. The lowest BCUT2D eigenvalue weighted by Crippen LogP contribution is -2.60. The highest BCUT2D eigenvalue weighted by Crippen LogP contribution is 2.61. The van der Waals surface area contributed by atoms with Gasteiger partial charge in [-0.05, 0) is 71.4 Å². The maximum absolute atomic E-state index is 11.4. The van der Waals surface area contributed by atoms with Crippen molar-refractivity contribution in [1.82, 2.24) is 5.32 Å². The fourth-order valence-electron chi connectivity index (χ4n) is 5.43. The van der Waals surface area contributed by atoms with Crippen LogP contribution >= 0.6 is 0 Å². The van der Waals surface area contributed by atoms with Gasteiger partial charge in [0, 0.05) is 18.2 Å². The predicted octanol–water partition coefficient (Wildman–Crippen LogP) is 4.49. The molecule has 3 aliphatic rings. The number of nitrogens with one attached hydrogen (secondary N) is 1. The molecule has 0 heterocycles. The number of fused-ring (bicyclic) bond motifs is 2. The summed E-state index contributed by atoms with van der Waals surface area (Å²) in [4.78, 5) is 11.4. The summed E-state index contributed by atoms with van der Waals surface area (Å²) in [6.07, 6.45) is 2.71. The molecule has 0 spiro atoms. The lowest BCUT2D eigenvalue weighted by atomic mass is 9.45. The van der Waals surface area contributed by atoms with E-state index >= 15 is 0 Å². The maximum Gasteiger partial charge on any atom is 0.248 e. The average molecular weight is 393 g/mol. The molecule has 3 N–H and O–H groups in total. The number of ether oxygens (including phenoxy) is 1. The first-order valence-corrected chi connectivity index (χ1v) is 10.7. The summed E-state index contributed by atoms with van der Waals surface area (Å²) in [5, 5.41) is 3.73. The van der Waals surface area contributed by atoms with Crippen molar-refractivity contribution in [3.63, 3.8) is 0 Å². The monoisotopic (exact) mass is 392 g/mol. The molecule has 2 bridgehead atoms. The number of hydrogen-bond acceptors (Lipinski definition) is 3. The van der Waals surface area contributed by atoms with Crippen molar-refractivity contribution in [3.05, 3.63) is 54.1 Å². The summed E-state index contributed by atoms with van der Waals surface area (Å²) in [6, 6.07) is 16.0. The lowest BCUT2D eigenvalue weighted by molar-refractivity contribution is -0.115. The van der Waals surface area contributed by atoms with E-state index in [2.05, 4.69) is 26.1 Å². The maximum atomic E-state index is 11.4. The number of benzene rings is 2. The molecule has 0 radical (unpaired) electrons. The molecule has 1 amide bonds. The fourth-order valence-corrected chi connectivity index (χ4v) is 5.43. The number of nitrogens with two attached hydrogens (primary N) is 1. The molecule has 29 heavy (non-hydrogen) atoms. The van der Waals surface area contributed by atoms with E-state index in [9.17, 15) is 4.79 Å². The van der Waals surface area contributed by atoms with Gasteiger partial charge in [0.25, 0.3) is 0 Å². The van der Waals surface area contributed by atoms with Gasteiger partial charge in [-0.3, -0.25) is 4.79 Å². The molecule has 4 nitrogen and oxygen atoms in total. The number of amides is 1. The zero-order chi connectivity index (χ0) is 20.6. The summed E-state index contributed by atoms with van der Waals surface area (Å²) in [7, 11) is 0. The molecule has 0 saturated heterocycles. The molecule has 3 fully saturated rings. The van der Waals surface area contributed by atoms with Crippen LogP contribution in [0.15, 0.2) is 48.5 Å². The molecule has 2 aromatic carbocycles. The zero-order valence-electron chi connectivity index (χ0n) is 17.7. The summed E-state index contributed by atoms with van der Waals surface area (Å²) < 4.78 is 5.93. The van der Waals surface area contributed by atoms with Crippen LogP contribution in [0, 0.1) is 23.2 Å². The summed E-state index contributed by atoms with van der Waals surface area (Å²) in [5.74, 6) is 2.93. The van der Waals surface area contributed by atoms with Crippen molar-refractivity contribution >= 4 is 5.91 Å². The Hall–Kier alpha value is -2.33. The SMILES string of the molecule is C[C@@H]1[C@@H](NCCOc2ccc(-c3cccc(C(N)=O)c3)cc2)C[C@H]2C[C@@H]1C2(C)C. The van der Waals surface area contributed by atoms with Crippen LogP contribution < -0.4 is 15.8 Å². The Balaban J connectivity index is 1.26. The minimum absolute atomic E-state index is 0.410. The zero-order valence-corrected chi connectivity index (χ0v) is 17.7. The summed E-state index contributed by atoms with van der Waals surface area (Å²) in [5.41, 5.74) is 8.44. The predicted molar refractivity (Wildman–Crippen MR) is 117 cm³/mol. The third-order valence-corrected chi connectivity index (χ3v) is 7.47. The first-order chi connectivity index (χ1) is 13.9. The van der Waals surface area contributed by atoms with E-state index in [0.717, 1.165) is 41.2 Å². The second-order valence-corrected chi connectivity index (χ2v) is 9.33. The van der Waals surface area contributed by atoms with Gasteiger partial charge in [-0.15, -0.1) is 0 Å². The molecule has 3 aliphatic carbocycles. The van der Waals surface area contributed by atoms with Crippen molar-refractivity contribution in [3.8, 4) is 16.9 Å². The van der Waals surface area contributed by atoms with Crippen LogP contribution in [0.1, 0.15) is 44.0 Å². The minimum atomic E-state index is -0.410. The van der Waals surface area contributed by atoms with E-state index in [0.29, 0.717) is 23.6 Å². The molecule has 3 saturated carbocycles. The molecule has 0 aliphatic heterocycles. The number of carbonyl (C=O) groups is 1. The van der Waals surface area contributed by atoms with Crippen molar-refractivity contribution in [1.29, 1.82) is 0 Å². The average Bonchev–Trinajstić information content (AvgIpc) is 2.72. The third kappa shape index (κ3) is 3.91. The van der Waals surface area contributed by atoms with Crippen molar-refractivity contribution in [2.24, 2.45) is 28.9 Å². The molecule has 4 atom stereocenters. The van der Waals surface area contributed by atoms with Crippen LogP contribution in [-0.4, -0.2) is 25.1 Å². The second kappa shape index (κ2) is 7.83. The Labute approximate surface area is 173 Å². The molecule has 154 valence electrons. The highest BCUT2D eigenvalue weighted by molar-refractivity contribution is 5.94. The van der Waals surface area contributed by atoms with Gasteiger partial charge in [-0.2, -0.15) is 0 Å². The van der Waals surface area contributed by atoms with Crippen LogP contribution in [0.4, 0.5) is 0 Å². The van der Waals surface area contributed by atoms with Crippen LogP contribution in [-0.2, 0) is 0 Å². The van der Waals surface area contributed by atoms with Crippen LogP contribution in [0.3, 0.4) is 0 Å². The van der Waals surface area contributed by atoms with Gasteiger partial charge in [-0.1, -0.05) is 45.0 Å². The molecule has 2 aromatic rings. The lowest BCUT2D eigenvalue weighted by Gasteiger charge is -2.62. The van der Waals surface area contributed by atoms with Crippen LogP contribution in [0.5, 0.6) is 5.75 Å². The highest BCUT2D eigenvalue weighted by atomic mass is 16.5. The van der Waals surface area contributed by atoms with Gasteiger partial charge >= 0.3 is 0 Å². The molecular weight excluding hydrogens is 360 g/mol. The van der Waals surface area contributed by atoms with Gasteiger partial charge in [0.05, 0.1) is 0 Å². The van der Waals surface area contributed by atoms with Crippen molar-refractivity contribution in [2.75, 3.05) is 13.2 Å². The Morgan fingerprint density at radius 1 is 1.14 bits per heavy atom. The molecule has 0 unspecified atom stereocenters. The van der Waals surface area contributed by atoms with E-state index in [1.54, 1.807) is 6.07 Å². The van der Waals surface area contributed by atoms with Crippen LogP contribution in [0.25, 0.3) is 11.1 Å². The topological polar surface area (TPSA) is 64.3 Å².